The number of sulfone groups is 1. The highest BCUT2D eigenvalue weighted by molar-refractivity contribution is 8.00. The van der Waals surface area contributed by atoms with Crippen molar-refractivity contribution in [2.75, 3.05) is 6.26 Å². The summed E-state index contributed by atoms with van der Waals surface area (Å²) in [5.41, 5.74) is -5.08. The van der Waals surface area contributed by atoms with Crippen LogP contribution in [0.3, 0.4) is 0 Å². The molecule has 1 heterocycles. The van der Waals surface area contributed by atoms with Crippen LogP contribution in [0, 0.1) is 0 Å². The summed E-state index contributed by atoms with van der Waals surface area (Å²) in [4.78, 5) is 29.4. The molecule has 1 amide bonds. The smallest absolute Gasteiger partial charge is 0.344 e. The second kappa shape index (κ2) is 7.72. The van der Waals surface area contributed by atoms with Crippen LogP contribution in [0.4, 0.5) is 13.2 Å². The number of aromatic amines is 1. The third kappa shape index (κ3) is 6.10. The minimum atomic E-state index is -4.40. The fraction of sp³-hybridized carbons (Fsp3) is 0.267. The molecule has 146 valence electrons. The minimum absolute atomic E-state index is 0.00108. The van der Waals surface area contributed by atoms with Crippen molar-refractivity contribution in [1.29, 1.82) is 0 Å². The Labute approximate surface area is 156 Å². The van der Waals surface area contributed by atoms with Gasteiger partial charge in [0.2, 0.25) is 15.0 Å². The van der Waals surface area contributed by atoms with E-state index in [9.17, 15) is 31.2 Å². The molecular formula is C15H14F3N3O4S2. The molecule has 2 N–H and O–H groups in total. The van der Waals surface area contributed by atoms with Crippen molar-refractivity contribution >= 4 is 27.5 Å². The lowest BCUT2D eigenvalue weighted by Crippen LogP contribution is -2.29. The van der Waals surface area contributed by atoms with Gasteiger partial charge in [-0.3, -0.25) is 14.6 Å². The molecule has 0 fully saturated rings. The molecular weight excluding hydrogens is 407 g/mol. The lowest BCUT2D eigenvalue weighted by molar-refractivity contribution is -0.0328. The van der Waals surface area contributed by atoms with Gasteiger partial charge in [0.15, 0.2) is 0 Å². The maximum Gasteiger partial charge on any atom is 0.446 e. The molecule has 0 bridgehead atoms. The van der Waals surface area contributed by atoms with Crippen LogP contribution in [0.25, 0.3) is 0 Å². The first-order chi connectivity index (χ1) is 12.3. The maximum absolute atomic E-state index is 12.3. The normalized spacial score (nSPS) is 13.2. The first kappa shape index (κ1) is 21.0. The Balaban J connectivity index is 2.16. The molecule has 1 atom stereocenters. The van der Waals surface area contributed by atoms with Gasteiger partial charge < -0.3 is 5.32 Å². The topological polar surface area (TPSA) is 109 Å². The van der Waals surface area contributed by atoms with Gasteiger partial charge in [-0.2, -0.15) is 13.2 Å². The molecule has 27 heavy (non-hydrogen) atoms. The second-order valence-electron chi connectivity index (χ2n) is 5.52. The van der Waals surface area contributed by atoms with E-state index in [0.717, 1.165) is 12.3 Å². The number of nitrogens with zero attached hydrogens (tertiary/aromatic N) is 1. The number of hydrogen-bond donors (Lipinski definition) is 2. The Bertz CT molecular complexity index is 1000. The van der Waals surface area contributed by atoms with E-state index < -0.39 is 43.7 Å². The van der Waals surface area contributed by atoms with Gasteiger partial charge in [-0.15, -0.1) is 0 Å². The number of carbonyl (C=O) groups is 1. The van der Waals surface area contributed by atoms with Crippen LogP contribution in [0.5, 0.6) is 0 Å². The second-order valence-corrected chi connectivity index (χ2v) is 8.59. The van der Waals surface area contributed by atoms with Crippen LogP contribution in [0.15, 0.2) is 45.2 Å². The van der Waals surface area contributed by atoms with Crippen molar-refractivity contribution in [2.24, 2.45) is 0 Å². The summed E-state index contributed by atoms with van der Waals surface area (Å²) >= 11 is -0.255. The lowest BCUT2D eigenvalue weighted by Gasteiger charge is -2.15. The maximum atomic E-state index is 12.3. The summed E-state index contributed by atoms with van der Waals surface area (Å²) in [6.07, 6.45) is 0.829. The van der Waals surface area contributed by atoms with Crippen molar-refractivity contribution in [3.63, 3.8) is 0 Å². The number of thioether (sulfide) groups is 1. The van der Waals surface area contributed by atoms with Gasteiger partial charge in [0.25, 0.3) is 11.5 Å². The van der Waals surface area contributed by atoms with Gasteiger partial charge in [-0.05, 0) is 36.4 Å². The largest absolute Gasteiger partial charge is 0.446 e. The summed E-state index contributed by atoms with van der Waals surface area (Å²) in [7, 11) is -3.82. The summed E-state index contributed by atoms with van der Waals surface area (Å²) in [5.74, 6) is -0.799. The molecule has 0 saturated heterocycles. The van der Waals surface area contributed by atoms with Crippen LogP contribution >= 0.6 is 11.8 Å². The highest BCUT2D eigenvalue weighted by atomic mass is 32.2. The van der Waals surface area contributed by atoms with Gasteiger partial charge in [0.1, 0.15) is 5.69 Å². The highest BCUT2D eigenvalue weighted by Crippen LogP contribution is 2.37. The van der Waals surface area contributed by atoms with Gasteiger partial charge in [-0.25, -0.2) is 13.4 Å². The molecule has 2 rings (SSSR count). The fourth-order valence-electron chi connectivity index (χ4n) is 2.04. The standard InChI is InChI=1S/C15H14F3N3O4S2/c1-8(9-3-5-10(6-4-9)26-15(16,17)18)19-13(23)11-7-12(22)21-14(20-11)27(2,24)25/h3-8H,1-2H3,(H,19,23)(H,20,21,22)/t8-/m1/s1. The summed E-state index contributed by atoms with van der Waals surface area (Å²) in [5, 5.41) is 1.87. The van der Waals surface area contributed by atoms with E-state index in [4.69, 9.17) is 0 Å². The zero-order chi connectivity index (χ0) is 20.4. The molecule has 0 spiro atoms. The van der Waals surface area contributed by atoms with E-state index >= 15 is 0 Å². The molecule has 1 aromatic carbocycles. The number of aromatic nitrogens is 2. The van der Waals surface area contributed by atoms with Crippen LogP contribution in [-0.2, 0) is 9.84 Å². The summed E-state index contributed by atoms with van der Waals surface area (Å²) in [6, 6.07) is 5.61. The van der Waals surface area contributed by atoms with E-state index in [-0.39, 0.29) is 16.7 Å². The molecule has 2 aromatic rings. The van der Waals surface area contributed by atoms with Crippen LogP contribution in [0.2, 0.25) is 0 Å². The highest BCUT2D eigenvalue weighted by Gasteiger charge is 2.29. The molecule has 7 nitrogen and oxygen atoms in total. The van der Waals surface area contributed by atoms with Crippen molar-refractivity contribution in [1.82, 2.24) is 15.3 Å². The number of hydrogen-bond acceptors (Lipinski definition) is 6. The van der Waals surface area contributed by atoms with Crippen LogP contribution in [0.1, 0.15) is 29.0 Å². The predicted octanol–water partition coefficient (Wildman–Crippen LogP) is 2.28. The zero-order valence-corrected chi connectivity index (χ0v) is 15.6. The van der Waals surface area contributed by atoms with E-state index in [1.807, 2.05) is 4.98 Å². The lowest BCUT2D eigenvalue weighted by atomic mass is 10.1. The van der Waals surface area contributed by atoms with Gasteiger partial charge in [0.05, 0.1) is 6.04 Å². The number of halogens is 3. The Morgan fingerprint density at radius 3 is 2.37 bits per heavy atom. The number of H-pyrrole nitrogens is 1. The number of rotatable bonds is 5. The van der Waals surface area contributed by atoms with Gasteiger partial charge in [-0.1, -0.05) is 12.1 Å². The molecule has 0 aliphatic rings. The molecule has 12 heteroatoms. The average molecular weight is 421 g/mol. The number of benzene rings is 1. The van der Waals surface area contributed by atoms with Gasteiger partial charge >= 0.3 is 5.51 Å². The molecule has 0 aliphatic carbocycles. The predicted molar refractivity (Wildman–Crippen MR) is 92.2 cm³/mol. The molecule has 0 aliphatic heterocycles. The quantitative estimate of drug-likeness (QED) is 0.566. The van der Waals surface area contributed by atoms with Crippen molar-refractivity contribution in [3.05, 3.63) is 51.9 Å². The van der Waals surface area contributed by atoms with E-state index in [2.05, 4.69) is 10.3 Å². The average Bonchev–Trinajstić information content (AvgIpc) is 2.52. The number of amides is 1. The first-order valence-electron chi connectivity index (χ1n) is 7.33. The molecule has 0 radical (unpaired) electrons. The van der Waals surface area contributed by atoms with Gasteiger partial charge in [0, 0.05) is 17.2 Å². The third-order valence-electron chi connectivity index (χ3n) is 3.27. The number of alkyl halides is 3. The first-order valence-corrected chi connectivity index (χ1v) is 10.0. The Morgan fingerprint density at radius 2 is 1.85 bits per heavy atom. The van der Waals surface area contributed by atoms with E-state index in [1.54, 1.807) is 6.92 Å². The molecule has 0 saturated carbocycles. The van der Waals surface area contributed by atoms with E-state index in [0.29, 0.717) is 5.56 Å². The molecule has 1 aromatic heterocycles. The zero-order valence-electron chi connectivity index (χ0n) is 14.0. The van der Waals surface area contributed by atoms with Crippen LogP contribution < -0.4 is 10.9 Å². The van der Waals surface area contributed by atoms with Crippen molar-refractivity contribution in [2.45, 2.75) is 28.5 Å². The van der Waals surface area contributed by atoms with Crippen molar-refractivity contribution in [3.8, 4) is 0 Å². The SMILES string of the molecule is C[C@@H](NC(=O)c1cc(=O)[nH]c(S(C)(=O)=O)n1)c1ccc(SC(F)(F)F)cc1. The molecule has 0 unspecified atom stereocenters. The minimum Gasteiger partial charge on any atom is -0.344 e. The summed E-state index contributed by atoms with van der Waals surface area (Å²) in [6.45, 7) is 1.58. The Morgan fingerprint density at radius 1 is 1.26 bits per heavy atom. The Hall–Kier alpha value is -2.34. The monoisotopic (exact) mass is 421 g/mol. The summed E-state index contributed by atoms with van der Waals surface area (Å²) < 4.78 is 60.0. The van der Waals surface area contributed by atoms with Crippen LogP contribution in [-0.4, -0.2) is 36.1 Å². The number of nitrogens with one attached hydrogen (secondary N) is 2. The Kier molecular flexibility index (Phi) is 6.00. The fourth-order valence-corrected chi connectivity index (χ4v) is 3.13. The van der Waals surface area contributed by atoms with Crippen molar-refractivity contribution < 1.29 is 26.4 Å². The third-order valence-corrected chi connectivity index (χ3v) is 4.90. The van der Waals surface area contributed by atoms with E-state index in [1.165, 1.54) is 24.3 Å². The number of carbonyl (C=O) groups excluding carboxylic acids is 1.